The van der Waals surface area contributed by atoms with E-state index in [0.29, 0.717) is 10.4 Å². The molecule has 0 amide bonds. The minimum absolute atomic E-state index is 0.192. The Hall–Kier alpha value is -0.100. The molecule has 0 saturated carbocycles. The summed E-state index contributed by atoms with van der Waals surface area (Å²) in [4.78, 5) is 0.235. The molecule has 0 aliphatic heterocycles. The van der Waals surface area contributed by atoms with Gasteiger partial charge < -0.3 is 0 Å². The summed E-state index contributed by atoms with van der Waals surface area (Å²) < 4.78 is 27.2. The second kappa shape index (κ2) is 6.89. The van der Waals surface area contributed by atoms with Gasteiger partial charge in [0.25, 0.3) is 0 Å². The molecule has 1 aromatic rings. The monoisotopic (exact) mass is 353 g/mol. The second-order valence-electron chi connectivity index (χ2n) is 4.51. The van der Waals surface area contributed by atoms with Crippen LogP contribution in [-0.4, -0.2) is 20.3 Å². The Bertz CT molecular complexity index is 491. The number of rotatable bonds is 6. The van der Waals surface area contributed by atoms with E-state index in [0.717, 1.165) is 6.42 Å². The normalized spacial score (nSPS) is 13.8. The van der Waals surface area contributed by atoms with Gasteiger partial charge in [-0.3, -0.25) is 0 Å². The number of benzene rings is 1. The Morgan fingerprint density at radius 1 is 1.33 bits per heavy atom. The van der Waals surface area contributed by atoms with Crippen molar-refractivity contribution < 1.29 is 8.42 Å². The SMILES string of the molecule is CC(C)CC(Cl)CNS(=O)(=O)c1ccccc1Br. The van der Waals surface area contributed by atoms with Gasteiger partial charge in [0.15, 0.2) is 0 Å². The molecular weight excluding hydrogens is 338 g/mol. The summed E-state index contributed by atoms with van der Waals surface area (Å²) in [6.07, 6.45) is 0.778. The van der Waals surface area contributed by atoms with Crippen LogP contribution < -0.4 is 4.72 Å². The molecule has 0 heterocycles. The van der Waals surface area contributed by atoms with Crippen molar-refractivity contribution in [2.24, 2.45) is 5.92 Å². The van der Waals surface area contributed by atoms with Gasteiger partial charge in [0, 0.05) is 16.4 Å². The highest BCUT2D eigenvalue weighted by molar-refractivity contribution is 9.10. The van der Waals surface area contributed by atoms with Crippen molar-refractivity contribution in [1.82, 2.24) is 4.72 Å². The predicted molar refractivity (Wildman–Crippen MR) is 78.4 cm³/mol. The Morgan fingerprint density at radius 3 is 2.50 bits per heavy atom. The lowest BCUT2D eigenvalue weighted by Gasteiger charge is -2.13. The third kappa shape index (κ3) is 4.88. The Morgan fingerprint density at radius 2 is 1.94 bits per heavy atom. The molecule has 0 saturated heterocycles. The molecule has 1 rings (SSSR count). The zero-order chi connectivity index (χ0) is 13.8. The number of nitrogens with one attached hydrogen (secondary N) is 1. The van der Waals surface area contributed by atoms with Crippen LogP contribution in [0.3, 0.4) is 0 Å². The number of alkyl halides is 1. The summed E-state index contributed by atoms with van der Waals surface area (Å²) in [5, 5.41) is -0.192. The largest absolute Gasteiger partial charge is 0.241 e. The number of hydrogen-bond acceptors (Lipinski definition) is 2. The van der Waals surface area contributed by atoms with Crippen LogP contribution in [0.1, 0.15) is 20.3 Å². The highest BCUT2D eigenvalue weighted by atomic mass is 79.9. The average Bonchev–Trinajstić information content (AvgIpc) is 2.26. The van der Waals surface area contributed by atoms with Gasteiger partial charge in [0.05, 0.1) is 4.90 Å². The molecule has 6 heteroatoms. The van der Waals surface area contributed by atoms with Crippen LogP contribution in [0.5, 0.6) is 0 Å². The fourth-order valence-corrected chi connectivity index (χ4v) is 4.14. The fraction of sp³-hybridized carbons (Fsp3) is 0.500. The minimum Gasteiger partial charge on any atom is -0.210 e. The average molecular weight is 355 g/mol. The quantitative estimate of drug-likeness (QED) is 0.796. The lowest BCUT2D eigenvalue weighted by atomic mass is 10.1. The van der Waals surface area contributed by atoms with Crippen molar-refractivity contribution in [3.05, 3.63) is 28.7 Å². The van der Waals surface area contributed by atoms with E-state index in [9.17, 15) is 8.42 Å². The molecule has 1 unspecified atom stereocenters. The highest BCUT2D eigenvalue weighted by Crippen LogP contribution is 2.21. The summed E-state index contributed by atoms with van der Waals surface area (Å²) in [7, 11) is -3.50. The maximum absolute atomic E-state index is 12.0. The summed E-state index contributed by atoms with van der Waals surface area (Å²) in [6.45, 7) is 4.35. The topological polar surface area (TPSA) is 46.2 Å². The molecular formula is C12H17BrClNO2S. The predicted octanol–water partition coefficient (Wildman–Crippen LogP) is 3.38. The third-order valence-electron chi connectivity index (χ3n) is 2.35. The molecule has 0 aromatic heterocycles. The smallest absolute Gasteiger partial charge is 0.210 e. The molecule has 102 valence electrons. The first kappa shape index (κ1) is 16.0. The van der Waals surface area contributed by atoms with E-state index in [4.69, 9.17) is 11.6 Å². The van der Waals surface area contributed by atoms with Crippen LogP contribution in [0, 0.1) is 5.92 Å². The zero-order valence-corrected chi connectivity index (χ0v) is 13.5. The van der Waals surface area contributed by atoms with Crippen molar-refractivity contribution in [1.29, 1.82) is 0 Å². The van der Waals surface area contributed by atoms with Crippen LogP contribution in [0.15, 0.2) is 33.6 Å². The van der Waals surface area contributed by atoms with E-state index in [1.165, 1.54) is 0 Å². The standard InChI is InChI=1S/C12H17BrClNO2S/c1-9(2)7-10(14)8-15-18(16,17)12-6-4-3-5-11(12)13/h3-6,9-10,15H,7-8H2,1-2H3. The van der Waals surface area contributed by atoms with E-state index in [2.05, 4.69) is 34.5 Å². The van der Waals surface area contributed by atoms with Gasteiger partial charge >= 0.3 is 0 Å². The number of hydrogen-bond donors (Lipinski definition) is 1. The highest BCUT2D eigenvalue weighted by Gasteiger charge is 2.18. The first-order valence-corrected chi connectivity index (χ1v) is 8.42. The molecule has 0 spiro atoms. The van der Waals surface area contributed by atoms with Crippen LogP contribution >= 0.6 is 27.5 Å². The van der Waals surface area contributed by atoms with Crippen LogP contribution in [0.4, 0.5) is 0 Å². The van der Waals surface area contributed by atoms with Crippen LogP contribution in [0.2, 0.25) is 0 Å². The molecule has 0 fully saturated rings. The van der Waals surface area contributed by atoms with E-state index in [1.807, 2.05) is 0 Å². The molecule has 0 aliphatic carbocycles. The maximum atomic E-state index is 12.0. The molecule has 1 N–H and O–H groups in total. The Labute approximate surface area is 122 Å². The van der Waals surface area contributed by atoms with Gasteiger partial charge in [-0.1, -0.05) is 26.0 Å². The van der Waals surface area contributed by atoms with Gasteiger partial charge in [-0.15, -0.1) is 11.6 Å². The van der Waals surface area contributed by atoms with Gasteiger partial charge in [0.2, 0.25) is 10.0 Å². The summed E-state index contributed by atoms with van der Waals surface area (Å²) in [5.41, 5.74) is 0. The van der Waals surface area contributed by atoms with Crippen LogP contribution in [0.25, 0.3) is 0 Å². The summed E-state index contributed by atoms with van der Waals surface area (Å²) in [6, 6.07) is 6.71. The van der Waals surface area contributed by atoms with Crippen molar-refractivity contribution in [2.75, 3.05) is 6.54 Å². The molecule has 1 aromatic carbocycles. The molecule has 0 bridgehead atoms. The molecule has 1 atom stereocenters. The second-order valence-corrected chi connectivity index (χ2v) is 7.72. The Kier molecular flexibility index (Phi) is 6.11. The number of sulfonamides is 1. The van der Waals surface area contributed by atoms with Gasteiger partial charge in [0.1, 0.15) is 0 Å². The summed E-state index contributed by atoms with van der Waals surface area (Å²) in [5.74, 6) is 0.445. The molecule has 0 aliphatic rings. The van der Waals surface area contributed by atoms with E-state index in [-0.39, 0.29) is 16.8 Å². The first-order valence-electron chi connectivity index (χ1n) is 5.71. The third-order valence-corrected chi connectivity index (χ3v) is 5.12. The van der Waals surface area contributed by atoms with E-state index < -0.39 is 10.0 Å². The number of halogens is 2. The zero-order valence-electron chi connectivity index (χ0n) is 10.4. The maximum Gasteiger partial charge on any atom is 0.241 e. The summed E-state index contributed by atoms with van der Waals surface area (Å²) >= 11 is 9.30. The van der Waals surface area contributed by atoms with Gasteiger partial charge in [-0.25, -0.2) is 13.1 Å². The van der Waals surface area contributed by atoms with Crippen molar-refractivity contribution in [3.63, 3.8) is 0 Å². The van der Waals surface area contributed by atoms with E-state index >= 15 is 0 Å². The molecule has 18 heavy (non-hydrogen) atoms. The molecule has 0 radical (unpaired) electrons. The minimum atomic E-state index is -3.50. The van der Waals surface area contributed by atoms with Crippen molar-refractivity contribution in [2.45, 2.75) is 30.5 Å². The lowest BCUT2D eigenvalue weighted by Crippen LogP contribution is -2.30. The van der Waals surface area contributed by atoms with E-state index in [1.54, 1.807) is 24.3 Å². The van der Waals surface area contributed by atoms with Gasteiger partial charge in [-0.2, -0.15) is 0 Å². The fourth-order valence-electron chi connectivity index (χ4n) is 1.54. The first-order chi connectivity index (χ1) is 8.33. The molecule has 3 nitrogen and oxygen atoms in total. The van der Waals surface area contributed by atoms with Crippen LogP contribution in [-0.2, 0) is 10.0 Å². The van der Waals surface area contributed by atoms with Crippen molar-refractivity contribution >= 4 is 37.6 Å². The Balaban J connectivity index is 2.69. The lowest BCUT2D eigenvalue weighted by molar-refractivity contribution is 0.544. The van der Waals surface area contributed by atoms with Crippen molar-refractivity contribution in [3.8, 4) is 0 Å². The van der Waals surface area contributed by atoms with Gasteiger partial charge in [-0.05, 0) is 40.4 Å².